The molecule has 0 atom stereocenters. The van der Waals surface area contributed by atoms with Crippen molar-refractivity contribution in [1.29, 1.82) is 0 Å². The molecule has 0 saturated heterocycles. The average Bonchev–Trinajstić information content (AvgIpc) is 2.89. The van der Waals surface area contributed by atoms with E-state index in [0.29, 0.717) is 6.54 Å². The molecule has 0 spiro atoms. The van der Waals surface area contributed by atoms with Gasteiger partial charge in [0.1, 0.15) is 5.82 Å². The number of aromatic nitrogens is 4. The Hall–Kier alpha value is -0.920. The lowest BCUT2D eigenvalue weighted by Gasteiger charge is -2.05. The number of nitrogens with zero attached hydrogens (tertiary/aromatic N) is 4. The molecule has 0 aliphatic carbocycles. The predicted octanol–water partition coefficient (Wildman–Crippen LogP) is 1.29. The fourth-order valence-corrected chi connectivity index (χ4v) is 2.96. The molecule has 0 radical (unpaired) electrons. The van der Waals surface area contributed by atoms with E-state index in [1.165, 1.54) is 4.88 Å². The van der Waals surface area contributed by atoms with Crippen LogP contribution in [0.4, 0.5) is 0 Å². The molecule has 0 aliphatic heterocycles. The van der Waals surface area contributed by atoms with Crippen LogP contribution in [0.15, 0.2) is 16.9 Å². The maximum Gasteiger partial charge on any atom is 0.191 e. The fraction of sp³-hybridized carbons (Fsp3) is 0.444. The third-order valence-electron chi connectivity index (χ3n) is 2.08. The summed E-state index contributed by atoms with van der Waals surface area (Å²) in [6, 6.07) is 0. The average molecular weight is 255 g/mol. The Labute approximate surface area is 102 Å². The minimum atomic E-state index is 0.604. The Bertz CT molecular complexity index is 437. The molecule has 2 heterocycles. The van der Waals surface area contributed by atoms with Gasteiger partial charge in [0.25, 0.3) is 0 Å². The number of rotatable bonds is 5. The summed E-state index contributed by atoms with van der Waals surface area (Å²) in [7, 11) is 0. The van der Waals surface area contributed by atoms with Crippen LogP contribution in [-0.4, -0.2) is 26.3 Å². The number of hydrogen-bond donors (Lipinski definition) is 1. The smallest absolute Gasteiger partial charge is 0.191 e. The Morgan fingerprint density at radius 1 is 1.50 bits per heavy atom. The molecule has 5 nitrogen and oxygen atoms in total. The quantitative estimate of drug-likeness (QED) is 0.815. The lowest BCUT2D eigenvalue weighted by atomic mass is 10.6. The van der Waals surface area contributed by atoms with Crippen molar-refractivity contribution in [2.75, 3.05) is 6.54 Å². The molecule has 86 valence electrons. The second-order valence-corrected chi connectivity index (χ2v) is 5.14. The van der Waals surface area contributed by atoms with Crippen molar-refractivity contribution in [3.05, 3.63) is 22.4 Å². The maximum absolute atomic E-state index is 5.55. The Morgan fingerprint density at radius 3 is 3.06 bits per heavy atom. The summed E-state index contributed by atoms with van der Waals surface area (Å²) in [6.45, 7) is 3.32. The molecular formula is C9H13N5S2. The highest BCUT2D eigenvalue weighted by atomic mass is 32.2. The second-order valence-electron chi connectivity index (χ2n) is 3.23. The molecule has 0 bridgehead atoms. The van der Waals surface area contributed by atoms with Gasteiger partial charge in [-0.25, -0.2) is 0 Å². The van der Waals surface area contributed by atoms with Crippen LogP contribution in [0.2, 0.25) is 0 Å². The highest BCUT2D eigenvalue weighted by molar-refractivity contribution is 7.98. The number of nitrogens with two attached hydrogens (primary N) is 1. The van der Waals surface area contributed by atoms with E-state index in [9.17, 15) is 0 Å². The maximum atomic E-state index is 5.55. The molecule has 0 aliphatic rings. The lowest BCUT2D eigenvalue weighted by Crippen LogP contribution is -2.12. The molecule has 2 N–H and O–H groups in total. The Balaban J connectivity index is 2.03. The van der Waals surface area contributed by atoms with E-state index < -0.39 is 0 Å². The summed E-state index contributed by atoms with van der Waals surface area (Å²) in [6.07, 6.45) is 1.88. The van der Waals surface area contributed by atoms with Crippen molar-refractivity contribution >= 4 is 23.1 Å². The van der Waals surface area contributed by atoms with Gasteiger partial charge in [-0.3, -0.25) is 4.98 Å². The Kier molecular flexibility index (Phi) is 3.92. The van der Waals surface area contributed by atoms with Crippen molar-refractivity contribution < 1.29 is 0 Å². The van der Waals surface area contributed by atoms with Crippen molar-refractivity contribution in [1.82, 2.24) is 19.7 Å². The van der Waals surface area contributed by atoms with Crippen LogP contribution in [-0.2, 0) is 12.3 Å². The van der Waals surface area contributed by atoms with Gasteiger partial charge in [0.15, 0.2) is 5.16 Å². The van der Waals surface area contributed by atoms with Crippen LogP contribution in [0.1, 0.15) is 10.7 Å². The summed E-state index contributed by atoms with van der Waals surface area (Å²) in [5, 5.41) is 9.13. The molecule has 0 aromatic carbocycles. The van der Waals surface area contributed by atoms with E-state index in [1.807, 2.05) is 23.2 Å². The van der Waals surface area contributed by atoms with Crippen molar-refractivity contribution in [3.63, 3.8) is 0 Å². The molecule has 2 rings (SSSR count). The molecule has 0 unspecified atom stereocenters. The first-order valence-corrected chi connectivity index (χ1v) is 6.78. The van der Waals surface area contributed by atoms with Gasteiger partial charge in [0.2, 0.25) is 0 Å². The predicted molar refractivity (Wildman–Crippen MR) is 65.5 cm³/mol. The minimum Gasteiger partial charge on any atom is -0.329 e. The largest absolute Gasteiger partial charge is 0.329 e. The van der Waals surface area contributed by atoms with E-state index >= 15 is 0 Å². The van der Waals surface area contributed by atoms with Gasteiger partial charge in [0.05, 0.1) is 5.51 Å². The Morgan fingerprint density at radius 2 is 2.38 bits per heavy atom. The van der Waals surface area contributed by atoms with Crippen LogP contribution in [0, 0.1) is 6.92 Å². The summed E-state index contributed by atoms with van der Waals surface area (Å²) < 4.78 is 2.05. The van der Waals surface area contributed by atoms with E-state index in [-0.39, 0.29) is 0 Å². The number of aryl methyl sites for hydroxylation is 1. The van der Waals surface area contributed by atoms with Crippen molar-refractivity contribution in [3.8, 4) is 0 Å². The van der Waals surface area contributed by atoms with Gasteiger partial charge < -0.3 is 10.3 Å². The zero-order valence-corrected chi connectivity index (χ0v) is 10.6. The van der Waals surface area contributed by atoms with E-state index in [0.717, 1.165) is 23.3 Å². The minimum absolute atomic E-state index is 0.604. The summed E-state index contributed by atoms with van der Waals surface area (Å²) in [5.41, 5.74) is 7.39. The second kappa shape index (κ2) is 5.42. The normalized spacial score (nSPS) is 10.9. The van der Waals surface area contributed by atoms with Crippen LogP contribution in [0.5, 0.6) is 0 Å². The molecule has 0 fully saturated rings. The zero-order chi connectivity index (χ0) is 11.4. The van der Waals surface area contributed by atoms with E-state index in [1.54, 1.807) is 23.1 Å². The lowest BCUT2D eigenvalue weighted by molar-refractivity contribution is 0.627. The van der Waals surface area contributed by atoms with Crippen molar-refractivity contribution in [2.24, 2.45) is 5.73 Å². The topological polar surface area (TPSA) is 69.6 Å². The highest BCUT2D eigenvalue weighted by Gasteiger charge is 2.08. The standard InChI is InChI=1S/C9H13N5S2/c1-7-12-13-9(14(7)3-2-10)15-5-8-4-11-6-16-8/h4,6H,2-3,5,10H2,1H3. The SMILES string of the molecule is Cc1nnc(SCc2cncs2)n1CCN. The third-order valence-corrected chi connectivity index (χ3v) is 4.06. The first-order valence-electron chi connectivity index (χ1n) is 4.91. The van der Waals surface area contributed by atoms with Crippen LogP contribution >= 0.6 is 23.1 Å². The van der Waals surface area contributed by atoms with Crippen molar-refractivity contribution in [2.45, 2.75) is 24.4 Å². The summed E-state index contributed by atoms with van der Waals surface area (Å²) in [5.74, 6) is 1.80. The van der Waals surface area contributed by atoms with E-state index in [4.69, 9.17) is 5.73 Å². The number of thiazole rings is 1. The van der Waals surface area contributed by atoms with Gasteiger partial charge in [-0.15, -0.1) is 21.5 Å². The molecular weight excluding hydrogens is 242 g/mol. The van der Waals surface area contributed by atoms with Crippen LogP contribution < -0.4 is 5.73 Å². The van der Waals surface area contributed by atoms with Gasteiger partial charge in [0, 0.05) is 29.9 Å². The summed E-state index contributed by atoms with van der Waals surface area (Å²) >= 11 is 3.32. The van der Waals surface area contributed by atoms with Gasteiger partial charge >= 0.3 is 0 Å². The third kappa shape index (κ3) is 2.60. The molecule has 7 heteroatoms. The first-order chi connectivity index (χ1) is 7.81. The summed E-state index contributed by atoms with van der Waals surface area (Å²) in [4.78, 5) is 5.28. The van der Waals surface area contributed by atoms with E-state index in [2.05, 4.69) is 15.2 Å². The number of hydrogen-bond acceptors (Lipinski definition) is 6. The monoisotopic (exact) mass is 255 g/mol. The molecule has 2 aromatic rings. The molecule has 0 amide bonds. The fourth-order valence-electron chi connectivity index (χ4n) is 1.30. The van der Waals surface area contributed by atoms with Gasteiger partial charge in [-0.05, 0) is 6.92 Å². The van der Waals surface area contributed by atoms with Crippen LogP contribution in [0.3, 0.4) is 0 Å². The zero-order valence-electron chi connectivity index (χ0n) is 8.96. The highest BCUT2D eigenvalue weighted by Crippen LogP contribution is 2.23. The van der Waals surface area contributed by atoms with Gasteiger partial charge in [-0.2, -0.15) is 0 Å². The molecule has 0 saturated carbocycles. The first kappa shape index (κ1) is 11.6. The van der Waals surface area contributed by atoms with Gasteiger partial charge in [-0.1, -0.05) is 11.8 Å². The van der Waals surface area contributed by atoms with Crippen LogP contribution in [0.25, 0.3) is 0 Å². The molecule has 16 heavy (non-hydrogen) atoms. The number of thioether (sulfide) groups is 1. The molecule has 2 aromatic heterocycles.